The van der Waals surface area contributed by atoms with Gasteiger partial charge < -0.3 is 15.4 Å². The van der Waals surface area contributed by atoms with Crippen molar-refractivity contribution in [1.29, 1.82) is 0 Å². The van der Waals surface area contributed by atoms with Crippen LogP contribution in [0, 0.1) is 6.92 Å². The van der Waals surface area contributed by atoms with Crippen molar-refractivity contribution in [3.8, 4) is 5.75 Å². The second kappa shape index (κ2) is 10.4. The zero-order chi connectivity index (χ0) is 20.5. The van der Waals surface area contributed by atoms with E-state index in [1.165, 1.54) is 22.3 Å². The molecule has 1 atom stereocenters. The first-order valence-corrected chi connectivity index (χ1v) is 10.00. The van der Waals surface area contributed by atoms with Gasteiger partial charge in [-0.3, -0.25) is 4.79 Å². The maximum Gasteiger partial charge on any atom is 0.275 e. The number of ether oxygens (including phenoxy) is 1. The average Bonchev–Trinajstić information content (AvgIpc) is 2.76. The molecule has 0 bridgehead atoms. The fourth-order valence-corrected chi connectivity index (χ4v) is 3.33. The SMILES string of the molecule is COc1ccc(CCNC(=O)C[NH2+][C@H](c2ccccc2)c2ccc(C)cc2)cc1. The van der Waals surface area contributed by atoms with E-state index in [0.29, 0.717) is 13.1 Å². The molecule has 3 aromatic carbocycles. The normalized spacial score (nSPS) is 11.7. The molecule has 0 fully saturated rings. The average molecular weight is 390 g/mol. The number of hydrogen-bond donors (Lipinski definition) is 2. The molecule has 0 radical (unpaired) electrons. The topological polar surface area (TPSA) is 54.9 Å². The molecule has 0 aliphatic heterocycles. The Morgan fingerprint density at radius 3 is 2.24 bits per heavy atom. The zero-order valence-electron chi connectivity index (χ0n) is 17.1. The van der Waals surface area contributed by atoms with Crippen LogP contribution in [0.3, 0.4) is 0 Å². The molecule has 0 saturated carbocycles. The smallest absolute Gasteiger partial charge is 0.275 e. The number of hydrogen-bond acceptors (Lipinski definition) is 2. The summed E-state index contributed by atoms with van der Waals surface area (Å²) >= 11 is 0. The zero-order valence-corrected chi connectivity index (χ0v) is 17.1. The van der Waals surface area contributed by atoms with Gasteiger partial charge in [0.15, 0.2) is 6.54 Å². The molecule has 0 heterocycles. The summed E-state index contributed by atoms with van der Waals surface area (Å²) in [5.41, 5.74) is 4.81. The standard InChI is InChI=1S/C25H28N2O2/c1-19-8-12-22(13-9-19)25(21-6-4-3-5-7-21)27-18-24(28)26-17-16-20-10-14-23(29-2)15-11-20/h3-15,25,27H,16-18H2,1-2H3,(H,26,28)/p+1/t25-/m1/s1. The molecule has 29 heavy (non-hydrogen) atoms. The molecule has 0 aromatic heterocycles. The molecule has 1 amide bonds. The van der Waals surface area contributed by atoms with Crippen LogP contribution in [-0.2, 0) is 11.2 Å². The third kappa shape index (κ3) is 6.19. The Morgan fingerprint density at radius 2 is 1.59 bits per heavy atom. The number of benzene rings is 3. The second-order valence-electron chi connectivity index (χ2n) is 7.19. The van der Waals surface area contributed by atoms with Gasteiger partial charge in [0, 0.05) is 17.7 Å². The number of aryl methyl sites for hydroxylation is 1. The lowest BCUT2D eigenvalue weighted by molar-refractivity contribution is -0.676. The number of carbonyl (C=O) groups excluding carboxylic acids is 1. The molecule has 0 saturated heterocycles. The van der Waals surface area contributed by atoms with Crippen molar-refractivity contribution in [2.75, 3.05) is 20.2 Å². The largest absolute Gasteiger partial charge is 0.497 e. The highest BCUT2D eigenvalue weighted by atomic mass is 16.5. The minimum absolute atomic E-state index is 0.0477. The third-order valence-electron chi connectivity index (χ3n) is 5.03. The van der Waals surface area contributed by atoms with E-state index < -0.39 is 0 Å². The summed E-state index contributed by atoms with van der Waals surface area (Å²) in [5, 5.41) is 5.13. The Kier molecular flexibility index (Phi) is 7.42. The van der Waals surface area contributed by atoms with E-state index in [-0.39, 0.29) is 11.9 Å². The summed E-state index contributed by atoms with van der Waals surface area (Å²) in [6.07, 6.45) is 0.801. The highest BCUT2D eigenvalue weighted by Gasteiger charge is 2.18. The first-order valence-electron chi connectivity index (χ1n) is 10.00. The Balaban J connectivity index is 1.54. The van der Waals surface area contributed by atoms with E-state index in [4.69, 9.17) is 4.74 Å². The minimum Gasteiger partial charge on any atom is -0.497 e. The maximum absolute atomic E-state index is 12.4. The van der Waals surface area contributed by atoms with Crippen molar-refractivity contribution in [1.82, 2.24) is 5.32 Å². The van der Waals surface area contributed by atoms with Crippen molar-refractivity contribution < 1.29 is 14.8 Å². The number of nitrogens with one attached hydrogen (secondary N) is 1. The first kappa shape index (κ1) is 20.6. The number of nitrogens with two attached hydrogens (primary N) is 1. The van der Waals surface area contributed by atoms with Crippen LogP contribution < -0.4 is 15.4 Å². The van der Waals surface area contributed by atoms with Crippen molar-refractivity contribution in [3.05, 3.63) is 101 Å². The number of carbonyl (C=O) groups is 1. The third-order valence-corrected chi connectivity index (χ3v) is 5.03. The quantitative estimate of drug-likeness (QED) is 0.591. The number of rotatable bonds is 9. The van der Waals surface area contributed by atoms with E-state index in [9.17, 15) is 4.79 Å². The minimum atomic E-state index is 0.0477. The van der Waals surface area contributed by atoms with Gasteiger partial charge in [0.2, 0.25) is 0 Å². The van der Waals surface area contributed by atoms with Crippen LogP contribution in [0.15, 0.2) is 78.9 Å². The van der Waals surface area contributed by atoms with Gasteiger partial charge in [0.05, 0.1) is 7.11 Å². The van der Waals surface area contributed by atoms with Crippen molar-refractivity contribution in [2.24, 2.45) is 0 Å². The molecule has 3 aromatic rings. The number of methoxy groups -OCH3 is 1. The van der Waals surface area contributed by atoms with Crippen LogP contribution in [0.25, 0.3) is 0 Å². The van der Waals surface area contributed by atoms with Crippen LogP contribution in [0.5, 0.6) is 5.75 Å². The first-order chi connectivity index (χ1) is 14.2. The summed E-state index contributed by atoms with van der Waals surface area (Å²) in [6.45, 7) is 3.09. The predicted molar refractivity (Wildman–Crippen MR) is 116 cm³/mol. The lowest BCUT2D eigenvalue weighted by Gasteiger charge is -2.17. The fraction of sp³-hybridized carbons (Fsp3) is 0.240. The highest BCUT2D eigenvalue weighted by molar-refractivity contribution is 5.76. The molecule has 150 valence electrons. The maximum atomic E-state index is 12.4. The van der Waals surface area contributed by atoms with Crippen LogP contribution in [0.2, 0.25) is 0 Å². The Bertz CT molecular complexity index is 890. The number of quaternary nitrogens is 1. The Labute approximate surface area is 172 Å². The van der Waals surface area contributed by atoms with Gasteiger partial charge in [-0.25, -0.2) is 0 Å². The molecule has 3 N–H and O–H groups in total. The molecule has 0 aliphatic rings. The van der Waals surface area contributed by atoms with Crippen molar-refractivity contribution in [3.63, 3.8) is 0 Å². The number of amides is 1. The molecule has 0 spiro atoms. The Morgan fingerprint density at radius 1 is 0.931 bits per heavy atom. The lowest BCUT2D eigenvalue weighted by atomic mass is 9.98. The van der Waals surface area contributed by atoms with E-state index in [0.717, 1.165) is 12.2 Å². The molecule has 0 unspecified atom stereocenters. The summed E-state index contributed by atoms with van der Waals surface area (Å²) in [7, 11) is 1.66. The fourth-order valence-electron chi connectivity index (χ4n) is 3.33. The Hall–Kier alpha value is -3.11. The van der Waals surface area contributed by atoms with Crippen molar-refractivity contribution in [2.45, 2.75) is 19.4 Å². The van der Waals surface area contributed by atoms with Gasteiger partial charge in [-0.2, -0.15) is 0 Å². The second-order valence-corrected chi connectivity index (χ2v) is 7.19. The molecular formula is C25H29N2O2+. The van der Waals surface area contributed by atoms with Gasteiger partial charge in [0.25, 0.3) is 5.91 Å². The highest BCUT2D eigenvalue weighted by Crippen LogP contribution is 2.18. The summed E-state index contributed by atoms with van der Waals surface area (Å²) in [5.74, 6) is 0.891. The summed E-state index contributed by atoms with van der Waals surface area (Å²) < 4.78 is 5.17. The van der Waals surface area contributed by atoms with E-state index in [1.54, 1.807) is 7.11 Å². The molecule has 0 aliphatic carbocycles. The van der Waals surface area contributed by atoms with Crippen LogP contribution in [-0.4, -0.2) is 26.1 Å². The van der Waals surface area contributed by atoms with Gasteiger partial charge in [-0.15, -0.1) is 0 Å². The van der Waals surface area contributed by atoms with Gasteiger partial charge >= 0.3 is 0 Å². The summed E-state index contributed by atoms with van der Waals surface area (Å²) in [6, 6.07) is 26.9. The van der Waals surface area contributed by atoms with Gasteiger partial charge in [-0.05, 0) is 31.0 Å². The van der Waals surface area contributed by atoms with Crippen LogP contribution in [0.1, 0.15) is 28.3 Å². The van der Waals surface area contributed by atoms with Crippen LogP contribution >= 0.6 is 0 Å². The van der Waals surface area contributed by atoms with E-state index in [2.05, 4.69) is 54.0 Å². The molecular weight excluding hydrogens is 360 g/mol. The predicted octanol–water partition coefficient (Wildman–Crippen LogP) is 3.02. The summed E-state index contributed by atoms with van der Waals surface area (Å²) in [4.78, 5) is 12.4. The molecule has 4 heteroatoms. The monoisotopic (exact) mass is 389 g/mol. The molecule has 4 nitrogen and oxygen atoms in total. The van der Waals surface area contributed by atoms with Crippen molar-refractivity contribution >= 4 is 5.91 Å². The van der Waals surface area contributed by atoms with Gasteiger partial charge in [-0.1, -0.05) is 72.3 Å². The van der Waals surface area contributed by atoms with Gasteiger partial charge in [0.1, 0.15) is 11.8 Å². The van der Waals surface area contributed by atoms with E-state index in [1.807, 2.05) is 42.5 Å². The van der Waals surface area contributed by atoms with Crippen LogP contribution in [0.4, 0.5) is 0 Å². The lowest BCUT2D eigenvalue weighted by Crippen LogP contribution is -2.87. The van der Waals surface area contributed by atoms with E-state index >= 15 is 0 Å². The molecule has 3 rings (SSSR count).